The van der Waals surface area contributed by atoms with E-state index in [0.717, 1.165) is 28.2 Å². The monoisotopic (exact) mass is 256 g/mol. The third-order valence-corrected chi connectivity index (χ3v) is 2.90. The lowest BCUT2D eigenvalue weighted by atomic mass is 10.2. The molecule has 0 bridgehead atoms. The molecule has 1 aromatic heterocycles. The van der Waals surface area contributed by atoms with Crippen LogP contribution in [0.25, 0.3) is 11.0 Å². The molecule has 0 aliphatic carbocycles. The van der Waals surface area contributed by atoms with Crippen molar-refractivity contribution in [2.75, 3.05) is 0 Å². The molecule has 0 spiro atoms. The SMILES string of the molecule is Cc1nc2c(OCc3ccc(F)cc3)cccc2[nH]1. The second-order valence-electron chi connectivity index (χ2n) is 4.39. The number of nitrogens with zero attached hydrogens (tertiary/aromatic N) is 1. The van der Waals surface area contributed by atoms with Crippen LogP contribution in [0.2, 0.25) is 0 Å². The fourth-order valence-corrected chi connectivity index (χ4v) is 1.99. The maximum absolute atomic E-state index is 12.8. The summed E-state index contributed by atoms with van der Waals surface area (Å²) >= 11 is 0. The number of nitrogens with one attached hydrogen (secondary N) is 1. The highest BCUT2D eigenvalue weighted by atomic mass is 19.1. The first-order valence-corrected chi connectivity index (χ1v) is 6.05. The second kappa shape index (κ2) is 4.72. The van der Waals surface area contributed by atoms with Gasteiger partial charge in [-0.05, 0) is 36.8 Å². The quantitative estimate of drug-likeness (QED) is 0.777. The van der Waals surface area contributed by atoms with Crippen LogP contribution in [0.1, 0.15) is 11.4 Å². The average molecular weight is 256 g/mol. The van der Waals surface area contributed by atoms with Gasteiger partial charge in [0, 0.05) is 0 Å². The zero-order valence-corrected chi connectivity index (χ0v) is 10.5. The summed E-state index contributed by atoms with van der Waals surface area (Å²) < 4.78 is 18.6. The van der Waals surface area contributed by atoms with Crippen molar-refractivity contribution >= 4 is 11.0 Å². The van der Waals surface area contributed by atoms with Crippen molar-refractivity contribution in [2.24, 2.45) is 0 Å². The maximum atomic E-state index is 12.8. The summed E-state index contributed by atoms with van der Waals surface area (Å²) in [5.41, 5.74) is 2.70. The normalized spacial score (nSPS) is 10.8. The van der Waals surface area contributed by atoms with E-state index in [4.69, 9.17) is 4.74 Å². The fourth-order valence-electron chi connectivity index (χ4n) is 1.99. The van der Waals surface area contributed by atoms with Crippen molar-refractivity contribution in [1.82, 2.24) is 9.97 Å². The summed E-state index contributed by atoms with van der Waals surface area (Å²) in [4.78, 5) is 7.56. The predicted octanol–water partition coefficient (Wildman–Crippen LogP) is 3.59. The molecule has 0 aliphatic heterocycles. The molecule has 1 heterocycles. The Morgan fingerprint density at radius 3 is 2.74 bits per heavy atom. The maximum Gasteiger partial charge on any atom is 0.147 e. The number of imidazole rings is 1. The number of benzene rings is 2. The van der Waals surface area contributed by atoms with E-state index in [1.165, 1.54) is 12.1 Å². The Labute approximate surface area is 110 Å². The standard InChI is InChI=1S/C15H13FN2O/c1-10-17-13-3-2-4-14(15(13)18-10)19-9-11-5-7-12(16)8-6-11/h2-8H,9H2,1H3,(H,17,18). The van der Waals surface area contributed by atoms with Crippen LogP contribution in [0.4, 0.5) is 4.39 Å². The van der Waals surface area contributed by atoms with Gasteiger partial charge >= 0.3 is 0 Å². The fraction of sp³-hybridized carbons (Fsp3) is 0.133. The number of para-hydroxylation sites is 1. The van der Waals surface area contributed by atoms with E-state index in [0.29, 0.717) is 6.61 Å². The molecule has 0 radical (unpaired) electrons. The first-order valence-electron chi connectivity index (χ1n) is 6.05. The minimum atomic E-state index is -0.242. The lowest BCUT2D eigenvalue weighted by molar-refractivity contribution is 0.309. The van der Waals surface area contributed by atoms with Crippen LogP contribution in [-0.2, 0) is 6.61 Å². The van der Waals surface area contributed by atoms with Crippen LogP contribution in [0.15, 0.2) is 42.5 Å². The predicted molar refractivity (Wildman–Crippen MR) is 71.6 cm³/mol. The van der Waals surface area contributed by atoms with Crippen LogP contribution in [0.5, 0.6) is 5.75 Å². The van der Waals surface area contributed by atoms with Crippen molar-refractivity contribution in [3.63, 3.8) is 0 Å². The van der Waals surface area contributed by atoms with Crippen molar-refractivity contribution in [3.05, 3.63) is 59.7 Å². The highest BCUT2D eigenvalue weighted by molar-refractivity contribution is 5.81. The van der Waals surface area contributed by atoms with Crippen LogP contribution >= 0.6 is 0 Å². The zero-order chi connectivity index (χ0) is 13.2. The molecule has 3 rings (SSSR count). The first kappa shape index (κ1) is 11.7. The summed E-state index contributed by atoms with van der Waals surface area (Å²) in [5.74, 6) is 1.34. The van der Waals surface area contributed by atoms with Crippen LogP contribution in [0, 0.1) is 12.7 Å². The molecule has 0 aliphatic rings. The third kappa shape index (κ3) is 2.42. The van der Waals surface area contributed by atoms with Gasteiger partial charge < -0.3 is 9.72 Å². The summed E-state index contributed by atoms with van der Waals surface area (Å²) in [5, 5.41) is 0. The molecule has 4 heteroatoms. The van der Waals surface area contributed by atoms with Gasteiger partial charge in [0.25, 0.3) is 0 Å². The van der Waals surface area contributed by atoms with Gasteiger partial charge in [0.05, 0.1) is 5.52 Å². The number of hydrogen-bond acceptors (Lipinski definition) is 2. The van der Waals surface area contributed by atoms with Crippen LogP contribution in [-0.4, -0.2) is 9.97 Å². The van der Waals surface area contributed by atoms with Crippen molar-refractivity contribution in [2.45, 2.75) is 13.5 Å². The first-order chi connectivity index (χ1) is 9.22. The minimum absolute atomic E-state index is 0.242. The van der Waals surface area contributed by atoms with Gasteiger partial charge in [0.15, 0.2) is 0 Å². The van der Waals surface area contributed by atoms with Gasteiger partial charge in [-0.2, -0.15) is 0 Å². The van der Waals surface area contributed by atoms with Crippen LogP contribution < -0.4 is 4.74 Å². The Kier molecular flexibility index (Phi) is 2.91. The van der Waals surface area contributed by atoms with Gasteiger partial charge in [0.1, 0.15) is 29.5 Å². The Hall–Kier alpha value is -2.36. The molecule has 3 nitrogen and oxygen atoms in total. The number of aromatic amines is 1. The molecule has 1 N–H and O–H groups in total. The molecule has 3 aromatic rings. The lowest BCUT2D eigenvalue weighted by Crippen LogP contribution is -1.96. The molecular formula is C15H13FN2O. The molecule has 2 aromatic carbocycles. The van der Waals surface area contributed by atoms with Gasteiger partial charge in [-0.15, -0.1) is 0 Å². The number of fused-ring (bicyclic) bond motifs is 1. The van der Waals surface area contributed by atoms with Gasteiger partial charge in [0.2, 0.25) is 0 Å². The van der Waals surface area contributed by atoms with Gasteiger partial charge in [-0.1, -0.05) is 18.2 Å². The Bertz CT molecular complexity index is 704. The van der Waals surface area contributed by atoms with E-state index in [1.54, 1.807) is 12.1 Å². The highest BCUT2D eigenvalue weighted by Gasteiger charge is 2.06. The van der Waals surface area contributed by atoms with Crippen molar-refractivity contribution in [1.29, 1.82) is 0 Å². The number of rotatable bonds is 3. The van der Waals surface area contributed by atoms with Gasteiger partial charge in [-0.3, -0.25) is 0 Å². The second-order valence-corrected chi connectivity index (χ2v) is 4.39. The van der Waals surface area contributed by atoms with E-state index in [-0.39, 0.29) is 5.82 Å². The molecular weight excluding hydrogens is 243 g/mol. The molecule has 19 heavy (non-hydrogen) atoms. The summed E-state index contributed by atoms with van der Waals surface area (Å²) in [6.07, 6.45) is 0. The zero-order valence-electron chi connectivity index (χ0n) is 10.5. The molecule has 0 atom stereocenters. The van der Waals surface area contributed by atoms with Crippen molar-refractivity contribution < 1.29 is 9.13 Å². The topological polar surface area (TPSA) is 37.9 Å². The van der Waals surface area contributed by atoms with E-state index in [1.807, 2.05) is 25.1 Å². The number of halogens is 1. The highest BCUT2D eigenvalue weighted by Crippen LogP contribution is 2.24. The number of hydrogen-bond donors (Lipinski definition) is 1. The molecule has 0 amide bonds. The molecule has 0 fully saturated rings. The Morgan fingerprint density at radius 2 is 1.95 bits per heavy atom. The molecule has 0 unspecified atom stereocenters. The van der Waals surface area contributed by atoms with E-state index < -0.39 is 0 Å². The van der Waals surface area contributed by atoms with Crippen LogP contribution in [0.3, 0.4) is 0 Å². The van der Waals surface area contributed by atoms with Crippen molar-refractivity contribution in [3.8, 4) is 5.75 Å². The minimum Gasteiger partial charge on any atom is -0.487 e. The average Bonchev–Trinajstić information content (AvgIpc) is 2.79. The van der Waals surface area contributed by atoms with E-state index in [2.05, 4.69) is 9.97 Å². The summed E-state index contributed by atoms with van der Waals surface area (Å²) in [6.45, 7) is 2.30. The summed E-state index contributed by atoms with van der Waals surface area (Å²) in [6, 6.07) is 12.0. The number of H-pyrrole nitrogens is 1. The number of ether oxygens (including phenoxy) is 1. The third-order valence-electron chi connectivity index (χ3n) is 2.90. The Balaban J connectivity index is 1.83. The van der Waals surface area contributed by atoms with E-state index in [9.17, 15) is 4.39 Å². The number of aryl methyl sites for hydroxylation is 1. The molecule has 0 saturated heterocycles. The Morgan fingerprint density at radius 1 is 1.16 bits per heavy atom. The smallest absolute Gasteiger partial charge is 0.147 e. The van der Waals surface area contributed by atoms with Gasteiger partial charge in [-0.25, -0.2) is 9.37 Å². The van der Waals surface area contributed by atoms with E-state index >= 15 is 0 Å². The lowest BCUT2D eigenvalue weighted by Gasteiger charge is -2.06. The number of aromatic nitrogens is 2. The molecule has 0 saturated carbocycles. The largest absolute Gasteiger partial charge is 0.487 e. The molecule has 96 valence electrons. The summed E-state index contributed by atoms with van der Waals surface area (Å²) in [7, 11) is 0.